The van der Waals surface area contributed by atoms with Crippen LogP contribution < -0.4 is 5.32 Å². The molecule has 2 nitrogen and oxygen atoms in total. The molecule has 0 bridgehead atoms. The topological polar surface area (TPSA) is 24.9 Å². The molecule has 21 heavy (non-hydrogen) atoms. The minimum Gasteiger partial charge on any atom is -0.382 e. The molecule has 1 aliphatic rings. The first-order valence-electron chi connectivity index (χ1n) is 7.13. The summed E-state index contributed by atoms with van der Waals surface area (Å²) in [5, 5.41) is 3.64. The number of thiazole rings is 1. The number of halogens is 1. The molecule has 3 aromatic rings. The Morgan fingerprint density at radius 3 is 2.90 bits per heavy atom. The third-order valence-electron chi connectivity index (χ3n) is 4.16. The lowest BCUT2D eigenvalue weighted by Gasteiger charge is -2.37. The predicted octanol–water partition coefficient (Wildman–Crippen LogP) is 5.42. The first-order chi connectivity index (χ1) is 10.3. The molecule has 2 aromatic carbocycles. The van der Waals surface area contributed by atoms with E-state index < -0.39 is 0 Å². The molecule has 0 amide bonds. The average molecular weight is 359 g/mol. The minimum atomic E-state index is 0.583. The van der Waals surface area contributed by atoms with Crippen molar-refractivity contribution in [2.45, 2.75) is 24.8 Å². The van der Waals surface area contributed by atoms with Crippen LogP contribution in [0.4, 0.5) is 5.69 Å². The van der Waals surface area contributed by atoms with E-state index in [1.165, 1.54) is 33.3 Å². The van der Waals surface area contributed by atoms with E-state index in [1.54, 1.807) is 11.3 Å². The summed E-state index contributed by atoms with van der Waals surface area (Å²) in [6.07, 6.45) is 2.41. The van der Waals surface area contributed by atoms with Crippen molar-refractivity contribution in [3.8, 4) is 0 Å². The number of aromatic nitrogens is 1. The largest absolute Gasteiger partial charge is 0.382 e. The Labute approximate surface area is 136 Å². The number of rotatable bonds is 3. The van der Waals surface area contributed by atoms with Gasteiger partial charge in [-0.05, 0) is 54.7 Å². The van der Waals surface area contributed by atoms with Crippen LogP contribution in [0.25, 0.3) is 10.2 Å². The van der Waals surface area contributed by atoms with E-state index in [-0.39, 0.29) is 0 Å². The van der Waals surface area contributed by atoms with Crippen LogP contribution in [-0.2, 0) is 0 Å². The highest BCUT2D eigenvalue weighted by molar-refractivity contribution is 9.10. The number of benzene rings is 2. The van der Waals surface area contributed by atoms with Crippen LogP contribution in [0, 0.1) is 0 Å². The molecular weight excluding hydrogens is 344 g/mol. The normalized spacial score (nSPS) is 21.2. The quantitative estimate of drug-likeness (QED) is 0.676. The second-order valence-electron chi connectivity index (χ2n) is 5.60. The standard InChI is InChI=1S/C17H15BrN2S/c18-13-3-1-2-11(6-13)12-7-15(8-12)20-14-4-5-16-17(9-14)21-10-19-16/h1-6,9-10,12,15,20H,7-8H2. The van der Waals surface area contributed by atoms with Crippen molar-refractivity contribution in [3.05, 3.63) is 58.0 Å². The van der Waals surface area contributed by atoms with Crippen molar-refractivity contribution in [1.29, 1.82) is 0 Å². The van der Waals surface area contributed by atoms with Gasteiger partial charge in [0.2, 0.25) is 0 Å². The first kappa shape index (κ1) is 13.3. The van der Waals surface area contributed by atoms with Gasteiger partial charge in [-0.25, -0.2) is 4.98 Å². The Balaban J connectivity index is 1.41. The molecule has 0 saturated heterocycles. The summed E-state index contributed by atoms with van der Waals surface area (Å²) in [6.45, 7) is 0. The van der Waals surface area contributed by atoms with Crippen LogP contribution in [0.2, 0.25) is 0 Å². The van der Waals surface area contributed by atoms with Gasteiger partial charge in [0.15, 0.2) is 0 Å². The third-order valence-corrected chi connectivity index (χ3v) is 5.45. The van der Waals surface area contributed by atoms with Gasteiger partial charge in [-0.3, -0.25) is 0 Å². The van der Waals surface area contributed by atoms with Crippen molar-refractivity contribution in [1.82, 2.24) is 4.98 Å². The highest BCUT2D eigenvalue weighted by Gasteiger charge is 2.30. The van der Waals surface area contributed by atoms with Crippen molar-refractivity contribution < 1.29 is 0 Å². The van der Waals surface area contributed by atoms with Crippen LogP contribution in [0.3, 0.4) is 0 Å². The Morgan fingerprint density at radius 1 is 1.14 bits per heavy atom. The molecule has 1 fully saturated rings. The number of fused-ring (bicyclic) bond motifs is 1. The van der Waals surface area contributed by atoms with E-state index in [0.29, 0.717) is 12.0 Å². The third kappa shape index (κ3) is 2.70. The van der Waals surface area contributed by atoms with Gasteiger partial charge >= 0.3 is 0 Å². The molecule has 1 aromatic heterocycles. The zero-order valence-electron chi connectivity index (χ0n) is 11.4. The average Bonchev–Trinajstić information content (AvgIpc) is 2.89. The summed E-state index contributed by atoms with van der Waals surface area (Å²) >= 11 is 5.25. The van der Waals surface area contributed by atoms with Gasteiger partial charge in [0.1, 0.15) is 0 Å². The van der Waals surface area contributed by atoms with Crippen LogP contribution >= 0.6 is 27.3 Å². The number of nitrogens with one attached hydrogen (secondary N) is 1. The number of nitrogens with zero attached hydrogens (tertiary/aromatic N) is 1. The fraction of sp³-hybridized carbons (Fsp3) is 0.235. The first-order valence-corrected chi connectivity index (χ1v) is 8.80. The molecule has 0 radical (unpaired) electrons. The van der Waals surface area contributed by atoms with Crippen LogP contribution in [-0.4, -0.2) is 11.0 Å². The lowest BCUT2D eigenvalue weighted by atomic mass is 9.76. The van der Waals surface area contributed by atoms with E-state index in [2.05, 4.69) is 68.7 Å². The van der Waals surface area contributed by atoms with Crippen molar-refractivity contribution in [3.63, 3.8) is 0 Å². The SMILES string of the molecule is Brc1cccc(C2CC(Nc3ccc4ncsc4c3)C2)c1. The molecule has 1 heterocycles. The second-order valence-corrected chi connectivity index (χ2v) is 7.40. The summed E-state index contributed by atoms with van der Waals surface area (Å²) in [5.74, 6) is 0.687. The minimum absolute atomic E-state index is 0.583. The van der Waals surface area contributed by atoms with E-state index >= 15 is 0 Å². The molecule has 4 heteroatoms. The fourth-order valence-electron chi connectivity index (χ4n) is 2.95. The van der Waals surface area contributed by atoms with Gasteiger partial charge in [0.05, 0.1) is 15.7 Å². The Morgan fingerprint density at radius 2 is 2.05 bits per heavy atom. The van der Waals surface area contributed by atoms with Gasteiger partial charge in [-0.2, -0.15) is 0 Å². The molecular formula is C17H15BrN2S. The maximum absolute atomic E-state index is 4.32. The van der Waals surface area contributed by atoms with Crippen LogP contribution in [0.15, 0.2) is 52.4 Å². The van der Waals surface area contributed by atoms with Gasteiger partial charge < -0.3 is 5.32 Å². The lowest BCUT2D eigenvalue weighted by Crippen LogP contribution is -2.33. The fourth-order valence-corrected chi connectivity index (χ4v) is 4.08. The smallest absolute Gasteiger partial charge is 0.0813 e. The van der Waals surface area contributed by atoms with E-state index in [4.69, 9.17) is 0 Å². The Hall–Kier alpha value is -1.39. The summed E-state index contributed by atoms with van der Waals surface area (Å²) in [4.78, 5) is 4.32. The summed E-state index contributed by atoms with van der Waals surface area (Å²) in [6, 6.07) is 15.7. The molecule has 0 spiro atoms. The molecule has 1 saturated carbocycles. The summed E-state index contributed by atoms with van der Waals surface area (Å²) < 4.78 is 2.43. The van der Waals surface area contributed by atoms with Gasteiger partial charge in [-0.1, -0.05) is 28.1 Å². The van der Waals surface area contributed by atoms with Crippen molar-refractivity contribution in [2.75, 3.05) is 5.32 Å². The molecule has 106 valence electrons. The van der Waals surface area contributed by atoms with E-state index in [9.17, 15) is 0 Å². The molecule has 4 rings (SSSR count). The number of hydrogen-bond acceptors (Lipinski definition) is 3. The molecule has 0 unspecified atom stereocenters. The highest BCUT2D eigenvalue weighted by Crippen LogP contribution is 2.39. The predicted molar refractivity (Wildman–Crippen MR) is 93.1 cm³/mol. The van der Waals surface area contributed by atoms with E-state index in [0.717, 1.165) is 5.52 Å². The number of hydrogen-bond donors (Lipinski definition) is 1. The van der Waals surface area contributed by atoms with Crippen LogP contribution in [0.1, 0.15) is 24.3 Å². The maximum atomic E-state index is 4.32. The van der Waals surface area contributed by atoms with E-state index in [1.807, 2.05) is 5.51 Å². The van der Waals surface area contributed by atoms with Crippen molar-refractivity contribution >= 4 is 43.2 Å². The Bertz CT molecular complexity index is 777. The second kappa shape index (κ2) is 5.43. The summed E-state index contributed by atoms with van der Waals surface area (Å²) in [7, 11) is 0. The van der Waals surface area contributed by atoms with Gasteiger partial charge in [-0.15, -0.1) is 11.3 Å². The van der Waals surface area contributed by atoms with Gasteiger partial charge in [0, 0.05) is 16.2 Å². The highest BCUT2D eigenvalue weighted by atomic mass is 79.9. The maximum Gasteiger partial charge on any atom is 0.0813 e. The molecule has 1 N–H and O–H groups in total. The Kier molecular flexibility index (Phi) is 3.43. The van der Waals surface area contributed by atoms with Crippen LogP contribution in [0.5, 0.6) is 0 Å². The molecule has 0 aliphatic heterocycles. The van der Waals surface area contributed by atoms with Crippen molar-refractivity contribution in [2.24, 2.45) is 0 Å². The van der Waals surface area contributed by atoms with Gasteiger partial charge in [0.25, 0.3) is 0 Å². The monoisotopic (exact) mass is 358 g/mol. The number of anilines is 1. The lowest BCUT2D eigenvalue weighted by molar-refractivity contribution is 0.374. The zero-order valence-corrected chi connectivity index (χ0v) is 13.8. The molecule has 1 aliphatic carbocycles. The molecule has 0 atom stereocenters. The summed E-state index contributed by atoms with van der Waals surface area (Å²) in [5.41, 5.74) is 5.65. The zero-order chi connectivity index (χ0) is 14.2.